The summed E-state index contributed by atoms with van der Waals surface area (Å²) in [6, 6.07) is 0. The Hall–Kier alpha value is -0.0705. The van der Waals surface area contributed by atoms with Crippen molar-refractivity contribution < 1.29 is 45.5 Å². The molecule has 59 valence electrons. The fourth-order valence-electron chi connectivity index (χ4n) is 0. The number of hydrogen-bond acceptors (Lipinski definition) is 4. The Labute approximate surface area is 61.5 Å². The predicted octanol–water partition coefficient (Wildman–Crippen LogP) is -4.24. The summed E-state index contributed by atoms with van der Waals surface area (Å²) in [4.78, 5) is 8.25. The molecule has 0 spiro atoms. The van der Waals surface area contributed by atoms with Gasteiger partial charge in [-0.2, -0.15) is 0 Å². The molecule has 6 nitrogen and oxygen atoms in total. The van der Waals surface area contributed by atoms with Crippen LogP contribution in [0.25, 0.3) is 0 Å². The van der Waals surface area contributed by atoms with E-state index >= 15 is 0 Å². The van der Waals surface area contributed by atoms with Crippen LogP contribution < -0.4 is 12.4 Å². The number of halogens is 1. The smallest absolute Gasteiger partial charge is 0.0689 e. The van der Waals surface area contributed by atoms with Gasteiger partial charge >= 0.3 is 0 Å². The van der Waals surface area contributed by atoms with E-state index in [9.17, 15) is 0 Å². The second-order valence-corrected chi connectivity index (χ2v) is 0.224. The maximum Gasteiger partial charge on any atom is 0.0689 e. The van der Waals surface area contributed by atoms with E-state index in [4.69, 9.17) is 15.3 Å². The molecule has 0 saturated carbocycles. The molecular formula is H3ClCuNO5-3. The molecule has 0 amide bonds. The van der Waals surface area contributed by atoms with Crippen LogP contribution in [-0.2, 0) is 17.1 Å². The molecule has 3 N–H and O–H groups in total. The summed E-state index contributed by atoms with van der Waals surface area (Å²) in [5.41, 5.74) is 0. The zero-order valence-electron chi connectivity index (χ0n) is 3.30. The summed E-state index contributed by atoms with van der Waals surface area (Å²) in [5.74, 6) is 0. The summed E-state index contributed by atoms with van der Waals surface area (Å²) in [6.45, 7) is 0. The molecule has 1 radical (unpaired) electrons. The maximum absolute atomic E-state index is 8.25. The summed E-state index contributed by atoms with van der Waals surface area (Å²) < 4.78 is 0. The molecular weight excluding hydrogens is 193 g/mol. The van der Waals surface area contributed by atoms with E-state index in [0.717, 1.165) is 0 Å². The topological polar surface area (TPSA) is 128 Å². The number of rotatable bonds is 0. The average molecular weight is 196 g/mol. The second kappa shape index (κ2) is 28.4. The summed E-state index contributed by atoms with van der Waals surface area (Å²) in [5, 5.41) is 14.8. The third-order valence-electron chi connectivity index (χ3n) is 0. The minimum atomic E-state index is -1.75. The molecule has 0 unspecified atom stereocenters. The van der Waals surface area contributed by atoms with Crippen LogP contribution in [0.4, 0.5) is 0 Å². The van der Waals surface area contributed by atoms with Gasteiger partial charge in [-0.1, -0.05) is 0 Å². The molecule has 0 aliphatic heterocycles. The summed E-state index contributed by atoms with van der Waals surface area (Å²) in [6.07, 6.45) is 0. The molecule has 0 aromatic carbocycles. The Kier molecular flexibility index (Phi) is 157. The van der Waals surface area contributed by atoms with Gasteiger partial charge in [0.1, 0.15) is 0 Å². The van der Waals surface area contributed by atoms with Crippen LogP contribution in [0.1, 0.15) is 0 Å². The molecule has 0 bridgehead atoms. The van der Waals surface area contributed by atoms with Crippen molar-refractivity contribution in [2.45, 2.75) is 0 Å². The third-order valence-corrected chi connectivity index (χ3v) is 0. The molecule has 0 saturated heterocycles. The molecule has 0 heterocycles. The van der Waals surface area contributed by atoms with Crippen molar-refractivity contribution in [1.29, 1.82) is 0 Å². The summed E-state index contributed by atoms with van der Waals surface area (Å²) in [7, 11) is 0. The van der Waals surface area contributed by atoms with Crippen molar-refractivity contribution in [3.63, 3.8) is 0 Å². The Morgan fingerprint density at radius 2 is 1.25 bits per heavy atom. The van der Waals surface area contributed by atoms with E-state index < -0.39 is 5.09 Å². The van der Waals surface area contributed by atoms with E-state index in [2.05, 4.69) is 0 Å². The van der Waals surface area contributed by atoms with Crippen LogP contribution in [-0.4, -0.2) is 16.0 Å². The molecule has 0 fully saturated rings. The third kappa shape index (κ3) is 29000. The minimum absolute atomic E-state index is 0. The normalized spacial score (nSPS) is 3.00. The Balaban J connectivity index is -0.00000000750. The minimum Gasteiger partial charge on any atom is -1.00 e. The first-order valence-corrected chi connectivity index (χ1v) is 0.548. The van der Waals surface area contributed by atoms with Gasteiger partial charge in [0.25, 0.3) is 0 Å². The SMILES string of the molecule is O.O=[N+]([O-])[O-].[Cl-].[Cu].[OH-]. The van der Waals surface area contributed by atoms with Crippen LogP contribution >= 0.6 is 0 Å². The standard InChI is InChI=1S/ClH.Cu.NO3.2H2O/c;;2-1(3)4;;/h1H;;;2*1H2/q;;-1;;/p-2. The van der Waals surface area contributed by atoms with Crippen LogP contribution in [0.15, 0.2) is 0 Å². The van der Waals surface area contributed by atoms with Crippen molar-refractivity contribution in [2.24, 2.45) is 0 Å². The Bertz CT molecular complexity index is 35.4. The zero-order valence-corrected chi connectivity index (χ0v) is 5.00. The molecule has 0 aromatic heterocycles. The first-order chi connectivity index (χ1) is 1.73. The van der Waals surface area contributed by atoms with E-state index in [1.165, 1.54) is 0 Å². The first kappa shape index (κ1) is 44.4. The van der Waals surface area contributed by atoms with Crippen LogP contribution in [0, 0.1) is 15.3 Å². The molecule has 8 heteroatoms. The van der Waals surface area contributed by atoms with Gasteiger partial charge in [0, 0.05) is 17.1 Å². The largest absolute Gasteiger partial charge is 1.00 e. The van der Waals surface area contributed by atoms with E-state index in [-0.39, 0.29) is 40.4 Å². The van der Waals surface area contributed by atoms with Crippen LogP contribution in [0.3, 0.4) is 0 Å². The van der Waals surface area contributed by atoms with Crippen LogP contribution in [0.2, 0.25) is 0 Å². The van der Waals surface area contributed by atoms with E-state index in [1.807, 2.05) is 0 Å². The van der Waals surface area contributed by atoms with Gasteiger partial charge in [0.05, 0.1) is 5.09 Å². The fraction of sp³-hybridized carbons (Fsp3) is 0. The molecule has 0 rings (SSSR count). The van der Waals surface area contributed by atoms with Gasteiger partial charge in [-0.25, -0.2) is 0 Å². The Morgan fingerprint density at radius 3 is 1.25 bits per heavy atom. The predicted molar refractivity (Wildman–Crippen MR) is 15.9 cm³/mol. The van der Waals surface area contributed by atoms with E-state index in [1.54, 1.807) is 0 Å². The van der Waals surface area contributed by atoms with Crippen molar-refractivity contribution in [3.8, 4) is 0 Å². The maximum atomic E-state index is 8.25. The first-order valence-electron chi connectivity index (χ1n) is 0.548. The average Bonchev–Trinajstić information content (AvgIpc) is 0.811. The summed E-state index contributed by atoms with van der Waals surface area (Å²) >= 11 is 0. The van der Waals surface area contributed by atoms with E-state index in [0.29, 0.717) is 0 Å². The van der Waals surface area contributed by atoms with Crippen molar-refractivity contribution in [3.05, 3.63) is 15.3 Å². The number of nitrogens with zero attached hydrogens (tertiary/aromatic N) is 1. The van der Waals surface area contributed by atoms with Gasteiger partial charge in [0.15, 0.2) is 0 Å². The van der Waals surface area contributed by atoms with Crippen molar-refractivity contribution in [1.82, 2.24) is 0 Å². The fourth-order valence-corrected chi connectivity index (χ4v) is 0. The van der Waals surface area contributed by atoms with Gasteiger partial charge in [0.2, 0.25) is 0 Å². The quantitative estimate of drug-likeness (QED) is 0.221. The van der Waals surface area contributed by atoms with Crippen molar-refractivity contribution >= 4 is 0 Å². The molecule has 0 atom stereocenters. The van der Waals surface area contributed by atoms with Gasteiger partial charge < -0.3 is 38.7 Å². The molecule has 8 heavy (non-hydrogen) atoms. The van der Waals surface area contributed by atoms with Gasteiger partial charge in [-0.3, -0.25) is 0 Å². The van der Waals surface area contributed by atoms with Gasteiger partial charge in [-0.15, -0.1) is 0 Å². The molecule has 0 aromatic rings. The van der Waals surface area contributed by atoms with Crippen LogP contribution in [0.5, 0.6) is 0 Å². The zero-order chi connectivity index (χ0) is 3.58. The van der Waals surface area contributed by atoms with Crippen molar-refractivity contribution in [2.75, 3.05) is 0 Å². The monoisotopic (exact) mass is 195 g/mol. The van der Waals surface area contributed by atoms with Gasteiger partial charge in [-0.05, 0) is 0 Å². The Morgan fingerprint density at radius 1 is 1.25 bits per heavy atom. The second-order valence-electron chi connectivity index (χ2n) is 0.224. The number of hydrogen-bond donors (Lipinski definition) is 0. The molecule has 0 aliphatic carbocycles. The molecule has 0 aliphatic rings.